The van der Waals surface area contributed by atoms with Gasteiger partial charge in [-0.3, -0.25) is 0 Å². The Morgan fingerprint density at radius 1 is 1.08 bits per heavy atom. The van der Waals surface area contributed by atoms with Gasteiger partial charge < -0.3 is 20.3 Å². The lowest BCUT2D eigenvalue weighted by Crippen LogP contribution is -2.48. The highest BCUT2D eigenvalue weighted by atomic mass is 16.5. The van der Waals surface area contributed by atoms with Crippen molar-refractivity contribution in [2.24, 2.45) is 0 Å². The minimum atomic E-state index is 0.00312. The minimum absolute atomic E-state index is 0.00312. The summed E-state index contributed by atoms with van der Waals surface area (Å²) in [5, 5.41) is 6.25. The molecule has 0 radical (unpaired) electrons. The van der Waals surface area contributed by atoms with Crippen LogP contribution in [-0.2, 0) is 11.2 Å². The van der Waals surface area contributed by atoms with Gasteiger partial charge in [0.2, 0.25) is 0 Å². The predicted octanol–water partition coefficient (Wildman–Crippen LogP) is 3.80. The smallest absolute Gasteiger partial charge is 0.321 e. The molecule has 1 aliphatic heterocycles. The Hall–Kier alpha value is -1.59. The number of nitrogens with zero attached hydrogens (tertiary/aromatic N) is 1. The molecule has 1 heterocycles. The number of rotatable bonds is 9. The van der Waals surface area contributed by atoms with Crippen molar-refractivity contribution in [1.82, 2.24) is 10.2 Å². The Labute approximate surface area is 157 Å². The molecule has 0 aromatic heterocycles. The number of aryl methyl sites for hydroxylation is 1. The molecule has 1 saturated heterocycles. The van der Waals surface area contributed by atoms with E-state index in [1.165, 1.54) is 50.5 Å². The third-order valence-electron chi connectivity index (χ3n) is 5.37. The summed E-state index contributed by atoms with van der Waals surface area (Å²) in [6.07, 6.45) is 10.5. The maximum absolute atomic E-state index is 12.2. The number of anilines is 1. The molecule has 1 aromatic carbocycles. The standard InChI is InChI=1S/C21H33N3O2/c25-21(24-15-13-22-14-16-24)23-19-11-9-18(10-12-19)6-3-1-2-4-17-26-20-7-5-8-20/h9-12,20,22H,1-8,13-17H2,(H,23,25). The zero-order valence-electron chi connectivity index (χ0n) is 15.8. The van der Waals surface area contributed by atoms with Crippen LogP contribution in [0.2, 0.25) is 0 Å². The molecule has 5 nitrogen and oxygen atoms in total. The Balaban J connectivity index is 1.27. The first-order chi connectivity index (χ1) is 12.8. The van der Waals surface area contributed by atoms with E-state index in [0.717, 1.165) is 44.9 Å². The largest absolute Gasteiger partial charge is 0.378 e. The van der Waals surface area contributed by atoms with Gasteiger partial charge in [-0.2, -0.15) is 0 Å². The van der Waals surface area contributed by atoms with Gasteiger partial charge in [0.1, 0.15) is 0 Å². The van der Waals surface area contributed by atoms with Crippen LogP contribution in [0, 0.1) is 0 Å². The molecule has 0 spiro atoms. The Bertz CT molecular complexity index is 537. The van der Waals surface area contributed by atoms with Gasteiger partial charge in [0, 0.05) is 38.5 Å². The summed E-state index contributed by atoms with van der Waals surface area (Å²) in [7, 11) is 0. The average molecular weight is 360 g/mol. The van der Waals surface area contributed by atoms with Crippen LogP contribution >= 0.6 is 0 Å². The first-order valence-corrected chi connectivity index (χ1v) is 10.3. The minimum Gasteiger partial charge on any atom is -0.378 e. The average Bonchev–Trinajstić information content (AvgIpc) is 2.64. The third-order valence-corrected chi connectivity index (χ3v) is 5.37. The van der Waals surface area contributed by atoms with Gasteiger partial charge in [0.05, 0.1) is 6.10 Å². The Kier molecular flexibility index (Phi) is 7.77. The van der Waals surface area contributed by atoms with Gasteiger partial charge in [0.25, 0.3) is 0 Å². The lowest BCUT2D eigenvalue weighted by atomic mass is 9.96. The number of amides is 2. The zero-order valence-corrected chi connectivity index (χ0v) is 15.8. The van der Waals surface area contributed by atoms with Crippen LogP contribution in [0.1, 0.15) is 50.5 Å². The van der Waals surface area contributed by atoms with Crippen LogP contribution < -0.4 is 10.6 Å². The van der Waals surface area contributed by atoms with E-state index >= 15 is 0 Å². The second-order valence-corrected chi connectivity index (χ2v) is 7.45. The molecule has 26 heavy (non-hydrogen) atoms. The predicted molar refractivity (Wildman–Crippen MR) is 106 cm³/mol. The second kappa shape index (κ2) is 10.5. The van der Waals surface area contributed by atoms with Gasteiger partial charge in [0.15, 0.2) is 0 Å². The molecule has 5 heteroatoms. The molecule has 1 aromatic rings. The molecule has 2 fully saturated rings. The highest BCUT2D eigenvalue weighted by Gasteiger charge is 2.17. The van der Waals surface area contributed by atoms with Gasteiger partial charge in [-0.1, -0.05) is 25.0 Å². The van der Waals surface area contributed by atoms with E-state index < -0.39 is 0 Å². The molecule has 2 amide bonds. The van der Waals surface area contributed by atoms with Crippen LogP contribution in [0.15, 0.2) is 24.3 Å². The number of piperazine rings is 1. The zero-order chi connectivity index (χ0) is 18.0. The highest BCUT2D eigenvalue weighted by molar-refractivity contribution is 5.89. The quantitative estimate of drug-likeness (QED) is 0.660. The maximum atomic E-state index is 12.2. The molecule has 1 saturated carbocycles. The van der Waals surface area contributed by atoms with E-state index in [2.05, 4.69) is 22.8 Å². The number of urea groups is 1. The van der Waals surface area contributed by atoms with E-state index in [4.69, 9.17) is 4.74 Å². The summed E-state index contributed by atoms with van der Waals surface area (Å²) >= 11 is 0. The van der Waals surface area contributed by atoms with E-state index in [0.29, 0.717) is 6.10 Å². The SMILES string of the molecule is O=C(Nc1ccc(CCCCCCOC2CCC2)cc1)N1CCNCC1. The third kappa shape index (κ3) is 6.29. The van der Waals surface area contributed by atoms with E-state index in [1.807, 2.05) is 17.0 Å². The van der Waals surface area contributed by atoms with Crippen molar-refractivity contribution in [3.05, 3.63) is 29.8 Å². The molecule has 144 valence electrons. The van der Waals surface area contributed by atoms with E-state index in [1.54, 1.807) is 0 Å². The van der Waals surface area contributed by atoms with Crippen molar-refractivity contribution in [2.75, 3.05) is 38.1 Å². The summed E-state index contributed by atoms with van der Waals surface area (Å²) in [5.41, 5.74) is 2.22. The van der Waals surface area contributed by atoms with Gasteiger partial charge in [-0.05, 0) is 56.2 Å². The number of carbonyl (C=O) groups is 1. The maximum Gasteiger partial charge on any atom is 0.321 e. The fraction of sp³-hybridized carbons (Fsp3) is 0.667. The van der Waals surface area contributed by atoms with Crippen molar-refractivity contribution in [2.45, 2.75) is 57.5 Å². The number of ether oxygens (including phenoxy) is 1. The topological polar surface area (TPSA) is 53.6 Å². The first-order valence-electron chi connectivity index (χ1n) is 10.3. The lowest BCUT2D eigenvalue weighted by Gasteiger charge is -2.27. The van der Waals surface area contributed by atoms with Gasteiger partial charge in [-0.15, -0.1) is 0 Å². The molecular formula is C21H33N3O2. The highest BCUT2D eigenvalue weighted by Crippen LogP contribution is 2.22. The van der Waals surface area contributed by atoms with Crippen molar-refractivity contribution < 1.29 is 9.53 Å². The van der Waals surface area contributed by atoms with Crippen molar-refractivity contribution >= 4 is 11.7 Å². The van der Waals surface area contributed by atoms with Gasteiger partial charge >= 0.3 is 6.03 Å². The van der Waals surface area contributed by atoms with E-state index in [9.17, 15) is 4.79 Å². The Morgan fingerprint density at radius 2 is 1.81 bits per heavy atom. The molecule has 0 unspecified atom stereocenters. The fourth-order valence-corrected chi connectivity index (χ4v) is 3.40. The van der Waals surface area contributed by atoms with Crippen LogP contribution in [0.25, 0.3) is 0 Å². The molecular weight excluding hydrogens is 326 g/mol. The Morgan fingerprint density at radius 3 is 2.50 bits per heavy atom. The van der Waals surface area contributed by atoms with Crippen LogP contribution in [-0.4, -0.2) is 49.8 Å². The molecule has 2 aliphatic rings. The monoisotopic (exact) mass is 359 g/mol. The molecule has 2 N–H and O–H groups in total. The molecule has 3 rings (SSSR count). The fourth-order valence-electron chi connectivity index (χ4n) is 3.40. The summed E-state index contributed by atoms with van der Waals surface area (Å²) in [4.78, 5) is 14.1. The number of benzene rings is 1. The normalized spacial score (nSPS) is 17.8. The van der Waals surface area contributed by atoms with Crippen molar-refractivity contribution in [3.63, 3.8) is 0 Å². The number of hydrogen-bond acceptors (Lipinski definition) is 3. The van der Waals surface area contributed by atoms with Crippen LogP contribution in [0.4, 0.5) is 10.5 Å². The molecule has 0 bridgehead atoms. The van der Waals surface area contributed by atoms with E-state index in [-0.39, 0.29) is 6.03 Å². The number of unbranched alkanes of at least 4 members (excludes halogenated alkanes) is 3. The number of hydrogen-bond donors (Lipinski definition) is 2. The number of carbonyl (C=O) groups excluding carboxylic acids is 1. The van der Waals surface area contributed by atoms with Gasteiger partial charge in [-0.25, -0.2) is 4.79 Å². The second-order valence-electron chi connectivity index (χ2n) is 7.45. The van der Waals surface area contributed by atoms with Crippen LogP contribution in [0.5, 0.6) is 0 Å². The van der Waals surface area contributed by atoms with Crippen molar-refractivity contribution in [1.29, 1.82) is 0 Å². The summed E-state index contributed by atoms with van der Waals surface area (Å²) < 4.78 is 5.79. The number of nitrogens with one attached hydrogen (secondary N) is 2. The summed E-state index contributed by atoms with van der Waals surface area (Å²) in [6, 6.07) is 8.30. The molecule has 0 atom stereocenters. The molecule has 1 aliphatic carbocycles. The summed E-state index contributed by atoms with van der Waals surface area (Å²) in [6.45, 7) is 4.23. The summed E-state index contributed by atoms with van der Waals surface area (Å²) in [5.74, 6) is 0. The van der Waals surface area contributed by atoms with Crippen molar-refractivity contribution in [3.8, 4) is 0 Å². The first kappa shape index (κ1) is 19.2. The van der Waals surface area contributed by atoms with Crippen LogP contribution in [0.3, 0.4) is 0 Å². The lowest BCUT2D eigenvalue weighted by molar-refractivity contribution is 0.000628.